The van der Waals surface area contributed by atoms with Crippen molar-refractivity contribution in [3.63, 3.8) is 0 Å². The normalized spacial score (nSPS) is 10.9. The van der Waals surface area contributed by atoms with Crippen LogP contribution in [0.1, 0.15) is 33.5 Å². The minimum absolute atomic E-state index is 0.00505. The molecule has 0 unspecified atom stereocenters. The monoisotopic (exact) mass is 469 g/mol. The van der Waals surface area contributed by atoms with Crippen LogP contribution in [-0.4, -0.2) is 39.0 Å². The van der Waals surface area contributed by atoms with E-state index < -0.39 is 21.9 Å². The summed E-state index contributed by atoms with van der Waals surface area (Å²) in [5.74, 6) is -0.646. The maximum Gasteiger partial charge on any atom is 0.356 e. The molecule has 0 aliphatic carbocycles. The van der Waals surface area contributed by atoms with Crippen molar-refractivity contribution in [2.75, 3.05) is 23.8 Å². The maximum absolute atomic E-state index is 13.0. The highest BCUT2D eigenvalue weighted by molar-refractivity contribution is 7.92. The number of nitrogens with one attached hydrogen (secondary N) is 2. The van der Waals surface area contributed by atoms with Crippen LogP contribution in [-0.2, 0) is 14.8 Å². The molecule has 0 fully saturated rings. The van der Waals surface area contributed by atoms with Gasteiger partial charge in [-0.05, 0) is 67.9 Å². The first-order valence-electron chi connectivity index (χ1n) is 9.96. The Morgan fingerprint density at radius 1 is 0.970 bits per heavy atom. The van der Waals surface area contributed by atoms with Crippen molar-refractivity contribution >= 4 is 33.3 Å². The van der Waals surface area contributed by atoms with E-state index >= 15 is 0 Å². The van der Waals surface area contributed by atoms with Crippen molar-refractivity contribution in [1.82, 2.24) is 4.98 Å². The average molecular weight is 470 g/mol. The molecule has 3 rings (SSSR count). The molecule has 2 aromatic carbocycles. The van der Waals surface area contributed by atoms with E-state index in [1.54, 1.807) is 43.3 Å². The zero-order valence-corrected chi connectivity index (χ0v) is 19.1. The van der Waals surface area contributed by atoms with Crippen LogP contribution in [0.25, 0.3) is 0 Å². The Hall–Kier alpha value is -3.92. The molecule has 3 aromatic rings. The average Bonchev–Trinajstić information content (AvgIpc) is 2.81. The number of carbonyl (C=O) groups excluding carboxylic acids is 2. The molecule has 1 aromatic heterocycles. The predicted molar refractivity (Wildman–Crippen MR) is 123 cm³/mol. The largest absolute Gasteiger partial charge is 0.494 e. The van der Waals surface area contributed by atoms with Crippen molar-refractivity contribution in [3.05, 3.63) is 77.6 Å². The summed E-state index contributed by atoms with van der Waals surface area (Å²) in [6, 6.07) is 15.4. The molecule has 0 atom stereocenters. The zero-order valence-electron chi connectivity index (χ0n) is 18.3. The minimum Gasteiger partial charge on any atom is -0.494 e. The van der Waals surface area contributed by atoms with Crippen LogP contribution in [0.15, 0.2) is 65.6 Å². The van der Waals surface area contributed by atoms with Gasteiger partial charge in [0.25, 0.3) is 15.9 Å². The Labute approximate surface area is 191 Å². The summed E-state index contributed by atoms with van der Waals surface area (Å²) in [6.45, 7) is 4.02. The quantitative estimate of drug-likeness (QED) is 0.483. The third kappa shape index (κ3) is 5.86. The molecule has 172 valence electrons. The van der Waals surface area contributed by atoms with Crippen LogP contribution in [0.4, 0.5) is 11.4 Å². The molecule has 1 amide bonds. The van der Waals surface area contributed by atoms with Crippen molar-refractivity contribution in [2.24, 2.45) is 0 Å². The number of esters is 1. The van der Waals surface area contributed by atoms with Crippen LogP contribution < -0.4 is 14.8 Å². The Kier molecular flexibility index (Phi) is 7.29. The molecule has 0 aliphatic heterocycles. The summed E-state index contributed by atoms with van der Waals surface area (Å²) in [6.07, 6.45) is 0. The molecule has 0 bridgehead atoms. The third-order valence-corrected chi connectivity index (χ3v) is 6.05. The number of methoxy groups -OCH3 is 1. The van der Waals surface area contributed by atoms with Gasteiger partial charge in [-0.25, -0.2) is 18.2 Å². The molecule has 0 aliphatic rings. The molecule has 10 heteroatoms. The number of aryl methyl sites for hydroxylation is 1. The van der Waals surface area contributed by atoms with Crippen molar-refractivity contribution in [3.8, 4) is 5.75 Å². The first-order valence-corrected chi connectivity index (χ1v) is 11.4. The van der Waals surface area contributed by atoms with E-state index in [2.05, 4.69) is 19.8 Å². The number of hydrogen-bond donors (Lipinski definition) is 2. The first kappa shape index (κ1) is 23.7. The second-order valence-corrected chi connectivity index (χ2v) is 8.55. The molecule has 9 nitrogen and oxygen atoms in total. The number of pyridine rings is 1. The molecule has 0 saturated carbocycles. The van der Waals surface area contributed by atoms with Gasteiger partial charge in [-0.3, -0.25) is 9.52 Å². The molecule has 0 spiro atoms. The number of nitrogens with zero attached hydrogens (tertiary/aromatic N) is 1. The Morgan fingerprint density at radius 2 is 1.64 bits per heavy atom. The third-order valence-electron chi connectivity index (χ3n) is 4.53. The summed E-state index contributed by atoms with van der Waals surface area (Å²) in [7, 11) is -2.72. The number of carbonyl (C=O) groups is 2. The van der Waals surface area contributed by atoms with Gasteiger partial charge >= 0.3 is 5.97 Å². The van der Waals surface area contributed by atoms with Crippen molar-refractivity contribution in [1.29, 1.82) is 0 Å². The van der Waals surface area contributed by atoms with E-state index in [4.69, 9.17) is 4.74 Å². The molecule has 0 radical (unpaired) electrons. The van der Waals surface area contributed by atoms with Gasteiger partial charge in [0.2, 0.25) is 0 Å². The van der Waals surface area contributed by atoms with Crippen LogP contribution in [0.3, 0.4) is 0 Å². The first-order chi connectivity index (χ1) is 15.7. The van der Waals surface area contributed by atoms with Crippen LogP contribution in [0.2, 0.25) is 0 Å². The second kappa shape index (κ2) is 10.1. The highest BCUT2D eigenvalue weighted by Gasteiger charge is 2.19. The number of sulfonamides is 1. The number of amides is 1. The molecule has 0 saturated heterocycles. The van der Waals surface area contributed by atoms with E-state index in [0.717, 1.165) is 0 Å². The lowest BCUT2D eigenvalue weighted by molar-refractivity contribution is 0.0594. The predicted octanol–water partition coefficient (Wildman–Crippen LogP) is 3.63. The zero-order chi connectivity index (χ0) is 24.0. The highest BCUT2D eigenvalue weighted by atomic mass is 32.2. The smallest absolute Gasteiger partial charge is 0.356 e. The van der Waals surface area contributed by atoms with Crippen molar-refractivity contribution < 1.29 is 27.5 Å². The topological polar surface area (TPSA) is 124 Å². The van der Waals surface area contributed by atoms with Gasteiger partial charge in [-0.15, -0.1) is 0 Å². The number of hydrogen-bond acceptors (Lipinski definition) is 7. The lowest BCUT2D eigenvalue weighted by Gasteiger charge is -2.13. The minimum atomic E-state index is -3.93. The van der Waals surface area contributed by atoms with Crippen molar-refractivity contribution in [2.45, 2.75) is 18.7 Å². The molecule has 1 heterocycles. The van der Waals surface area contributed by atoms with E-state index in [-0.39, 0.29) is 22.0 Å². The highest BCUT2D eigenvalue weighted by Crippen LogP contribution is 2.24. The van der Waals surface area contributed by atoms with Gasteiger partial charge in [0, 0.05) is 11.4 Å². The summed E-state index contributed by atoms with van der Waals surface area (Å²) in [4.78, 5) is 28.2. The number of rotatable bonds is 8. The van der Waals surface area contributed by atoms with Crippen LogP contribution in [0.5, 0.6) is 5.75 Å². The van der Waals surface area contributed by atoms with Gasteiger partial charge in [0.15, 0.2) is 0 Å². The van der Waals surface area contributed by atoms with Gasteiger partial charge in [-0.1, -0.05) is 12.1 Å². The van der Waals surface area contributed by atoms with Gasteiger partial charge in [0.1, 0.15) is 17.1 Å². The summed E-state index contributed by atoms with van der Waals surface area (Å²) in [5, 5.41) is 2.61. The van der Waals surface area contributed by atoms with Gasteiger partial charge in [-0.2, -0.15) is 0 Å². The SMILES string of the molecule is CCOc1ccc(NS(=O)(=O)c2cc(NC(=O)c3cccc(C(=O)OC)n3)ccc2C)cc1. The fourth-order valence-electron chi connectivity index (χ4n) is 2.94. The van der Waals surface area contributed by atoms with E-state index in [0.29, 0.717) is 23.6 Å². The fourth-order valence-corrected chi connectivity index (χ4v) is 4.27. The Balaban J connectivity index is 1.81. The van der Waals surface area contributed by atoms with Gasteiger partial charge < -0.3 is 14.8 Å². The number of anilines is 2. The number of ether oxygens (including phenoxy) is 2. The Morgan fingerprint density at radius 3 is 2.30 bits per heavy atom. The molecule has 2 N–H and O–H groups in total. The molecule has 33 heavy (non-hydrogen) atoms. The number of aromatic nitrogens is 1. The second-order valence-electron chi connectivity index (χ2n) is 6.90. The summed E-state index contributed by atoms with van der Waals surface area (Å²) >= 11 is 0. The van der Waals surface area contributed by atoms with E-state index in [1.165, 1.54) is 31.4 Å². The summed E-state index contributed by atoms with van der Waals surface area (Å²) < 4.78 is 38.4. The van der Waals surface area contributed by atoms with E-state index in [1.807, 2.05) is 6.92 Å². The number of benzene rings is 2. The molecular formula is C23H23N3O6S. The van der Waals surface area contributed by atoms with Gasteiger partial charge in [0.05, 0.1) is 18.6 Å². The van der Waals surface area contributed by atoms with Crippen LogP contribution in [0, 0.1) is 6.92 Å². The standard InChI is InChI=1S/C23H23N3O6S/c1-4-32-18-12-10-16(11-13-18)26-33(29,30)21-14-17(9-8-15(21)2)24-22(27)19-6-5-7-20(25-19)23(28)31-3/h5-14,26H,4H2,1-3H3,(H,24,27). The Bertz CT molecular complexity index is 1270. The molecular weight excluding hydrogens is 446 g/mol. The maximum atomic E-state index is 13.0. The lowest BCUT2D eigenvalue weighted by Crippen LogP contribution is -2.17. The lowest BCUT2D eigenvalue weighted by atomic mass is 10.2. The van der Waals surface area contributed by atoms with Crippen LogP contribution >= 0.6 is 0 Å². The summed E-state index contributed by atoms with van der Waals surface area (Å²) in [5.41, 5.74) is 1.09. The van der Waals surface area contributed by atoms with E-state index in [9.17, 15) is 18.0 Å². The fraction of sp³-hybridized carbons (Fsp3) is 0.174.